The quantitative estimate of drug-likeness (QED) is 0.696. The highest BCUT2D eigenvalue weighted by Crippen LogP contribution is 2.30. The Hall–Kier alpha value is -2.77. The number of anilines is 1. The molecule has 0 saturated carbocycles. The molecule has 1 aliphatic rings. The molecule has 1 saturated heterocycles. The van der Waals surface area contributed by atoms with E-state index in [-0.39, 0.29) is 17.9 Å². The number of ether oxygens (including phenoxy) is 1. The Labute approximate surface area is 174 Å². The number of alkyl halides is 3. The summed E-state index contributed by atoms with van der Waals surface area (Å²) in [5.41, 5.74) is 0.167. The predicted octanol–water partition coefficient (Wildman–Crippen LogP) is 4.34. The Bertz CT molecular complexity index is 869. The van der Waals surface area contributed by atoms with E-state index in [1.165, 1.54) is 6.07 Å². The van der Waals surface area contributed by atoms with Gasteiger partial charge < -0.3 is 14.5 Å². The summed E-state index contributed by atoms with van der Waals surface area (Å²) in [6.07, 6.45) is -3.44. The Balaban J connectivity index is 1.57. The van der Waals surface area contributed by atoms with Crippen molar-refractivity contribution in [2.24, 2.45) is 0 Å². The second-order valence-corrected chi connectivity index (χ2v) is 7.82. The highest BCUT2D eigenvalue weighted by atomic mass is 19.4. The van der Waals surface area contributed by atoms with Crippen molar-refractivity contribution in [3.8, 4) is 5.75 Å². The van der Waals surface area contributed by atoms with Crippen molar-refractivity contribution in [3.63, 3.8) is 0 Å². The van der Waals surface area contributed by atoms with Crippen molar-refractivity contribution >= 4 is 11.7 Å². The number of benzene rings is 1. The first-order valence-corrected chi connectivity index (χ1v) is 9.89. The summed E-state index contributed by atoms with van der Waals surface area (Å²) in [4.78, 5) is 19.0. The van der Waals surface area contributed by atoms with Gasteiger partial charge in [0.15, 0.2) is 0 Å². The van der Waals surface area contributed by atoms with E-state index in [9.17, 15) is 18.0 Å². The summed E-state index contributed by atoms with van der Waals surface area (Å²) < 4.78 is 44.7. The van der Waals surface area contributed by atoms with Gasteiger partial charge in [0.05, 0.1) is 6.54 Å². The van der Waals surface area contributed by atoms with Crippen molar-refractivity contribution in [1.82, 2.24) is 9.88 Å². The molecule has 2 atom stereocenters. The largest absolute Gasteiger partial charge is 0.489 e. The fourth-order valence-corrected chi connectivity index (χ4v) is 3.42. The molecule has 0 spiro atoms. The van der Waals surface area contributed by atoms with Gasteiger partial charge in [-0.15, -0.1) is 0 Å². The second kappa shape index (κ2) is 8.93. The highest BCUT2D eigenvalue weighted by molar-refractivity contribution is 5.76. The average molecular weight is 421 g/mol. The van der Waals surface area contributed by atoms with Crippen LogP contribution in [0.4, 0.5) is 19.0 Å². The van der Waals surface area contributed by atoms with Gasteiger partial charge in [0.25, 0.3) is 0 Å². The van der Waals surface area contributed by atoms with Gasteiger partial charge in [-0.2, -0.15) is 13.2 Å². The van der Waals surface area contributed by atoms with Gasteiger partial charge in [-0.05, 0) is 35.7 Å². The molecule has 162 valence electrons. The minimum absolute atomic E-state index is 0.0806. The van der Waals surface area contributed by atoms with E-state index < -0.39 is 11.9 Å². The van der Waals surface area contributed by atoms with Crippen molar-refractivity contribution < 1.29 is 22.7 Å². The highest BCUT2D eigenvalue weighted by Gasteiger charge is 2.33. The van der Waals surface area contributed by atoms with Gasteiger partial charge in [-0.3, -0.25) is 4.79 Å². The monoisotopic (exact) mass is 421 g/mol. The average Bonchev–Trinajstić information content (AvgIpc) is 3.16. The fourth-order valence-electron chi connectivity index (χ4n) is 3.42. The number of hydrogen-bond donors (Lipinski definition) is 0. The van der Waals surface area contributed by atoms with E-state index in [1.807, 2.05) is 36.1 Å². The molecule has 0 N–H and O–H groups in total. The zero-order valence-corrected chi connectivity index (χ0v) is 17.3. The zero-order chi connectivity index (χ0) is 21.9. The van der Waals surface area contributed by atoms with E-state index in [1.54, 1.807) is 25.1 Å². The van der Waals surface area contributed by atoms with Crippen LogP contribution in [0.2, 0.25) is 0 Å². The van der Waals surface area contributed by atoms with Gasteiger partial charge in [0.1, 0.15) is 23.4 Å². The number of carbonyl (C=O) groups is 1. The molecule has 1 aromatic carbocycles. The Morgan fingerprint density at radius 2 is 1.93 bits per heavy atom. The molecule has 0 aliphatic carbocycles. The number of carbonyl (C=O) groups excluding carboxylic acids is 1. The van der Waals surface area contributed by atoms with Gasteiger partial charge in [-0.1, -0.05) is 25.1 Å². The van der Waals surface area contributed by atoms with Crippen molar-refractivity contribution in [1.29, 1.82) is 0 Å². The molecule has 1 aliphatic heterocycles. The zero-order valence-electron chi connectivity index (χ0n) is 17.3. The summed E-state index contributed by atoms with van der Waals surface area (Å²) in [6, 6.07) is 11.6. The summed E-state index contributed by atoms with van der Waals surface area (Å²) in [5, 5.41) is 0. The van der Waals surface area contributed by atoms with Crippen molar-refractivity contribution in [2.45, 2.75) is 38.0 Å². The molecular formula is C22H26F3N3O2. The predicted molar refractivity (Wildman–Crippen MR) is 109 cm³/mol. The van der Waals surface area contributed by atoms with Crippen LogP contribution in [0.25, 0.3) is 0 Å². The molecule has 0 radical (unpaired) electrons. The summed E-state index contributed by atoms with van der Waals surface area (Å²) in [6.45, 7) is 3.07. The maximum atomic E-state index is 12.9. The van der Waals surface area contributed by atoms with Crippen LogP contribution < -0.4 is 9.64 Å². The standard InChI is InChI=1S/C22H26F3N3O2/c1-15(13-21(29)27(2)3)16-7-9-17(10-8-16)30-18-11-12-28(14-18)20-6-4-5-19(26-20)22(23,24)25/h4-10,15,18H,11-14H2,1-3H3/t15-,18?/m1/s1. The first-order chi connectivity index (χ1) is 14.1. The van der Waals surface area contributed by atoms with E-state index in [2.05, 4.69) is 4.98 Å². The van der Waals surface area contributed by atoms with Crippen LogP contribution in [0.15, 0.2) is 42.5 Å². The lowest BCUT2D eigenvalue weighted by Crippen LogP contribution is -2.26. The molecule has 1 aromatic heterocycles. The Morgan fingerprint density at radius 1 is 1.23 bits per heavy atom. The number of amides is 1. The molecule has 1 unspecified atom stereocenters. The van der Waals surface area contributed by atoms with Crippen LogP contribution >= 0.6 is 0 Å². The van der Waals surface area contributed by atoms with E-state index in [4.69, 9.17) is 4.74 Å². The minimum Gasteiger partial charge on any atom is -0.489 e. The van der Waals surface area contributed by atoms with Crippen molar-refractivity contribution in [2.75, 3.05) is 32.1 Å². The third-order valence-electron chi connectivity index (χ3n) is 5.23. The molecular weight excluding hydrogens is 395 g/mol. The SMILES string of the molecule is C[C@H](CC(=O)N(C)C)c1ccc(OC2CCN(c3cccc(C(F)(F)F)n3)C2)cc1. The molecule has 1 fully saturated rings. The molecule has 3 rings (SSSR count). The lowest BCUT2D eigenvalue weighted by atomic mass is 9.97. The number of nitrogens with zero attached hydrogens (tertiary/aromatic N) is 3. The van der Waals surface area contributed by atoms with Crippen LogP contribution in [0.3, 0.4) is 0 Å². The Morgan fingerprint density at radius 3 is 2.57 bits per heavy atom. The molecule has 1 amide bonds. The van der Waals surface area contributed by atoms with Crippen LogP contribution in [-0.2, 0) is 11.0 Å². The number of hydrogen-bond acceptors (Lipinski definition) is 4. The van der Waals surface area contributed by atoms with Crippen LogP contribution in [0.1, 0.15) is 36.9 Å². The maximum Gasteiger partial charge on any atom is 0.433 e. The summed E-state index contributed by atoms with van der Waals surface area (Å²) in [5.74, 6) is 1.19. The lowest BCUT2D eigenvalue weighted by molar-refractivity contribution is -0.141. The second-order valence-electron chi connectivity index (χ2n) is 7.82. The normalized spacial score (nSPS) is 17.7. The number of halogens is 3. The Kier molecular flexibility index (Phi) is 6.53. The van der Waals surface area contributed by atoms with Gasteiger partial charge >= 0.3 is 6.18 Å². The van der Waals surface area contributed by atoms with Crippen LogP contribution in [-0.4, -0.2) is 49.1 Å². The number of pyridine rings is 1. The summed E-state index contributed by atoms with van der Waals surface area (Å²) in [7, 11) is 3.48. The number of aromatic nitrogens is 1. The van der Waals surface area contributed by atoms with E-state index >= 15 is 0 Å². The van der Waals surface area contributed by atoms with E-state index in [0.717, 1.165) is 11.6 Å². The minimum atomic E-state index is -4.46. The topological polar surface area (TPSA) is 45.7 Å². The van der Waals surface area contributed by atoms with Crippen LogP contribution in [0, 0.1) is 0 Å². The number of rotatable bonds is 6. The molecule has 2 heterocycles. The van der Waals surface area contributed by atoms with Crippen LogP contribution in [0.5, 0.6) is 5.75 Å². The van der Waals surface area contributed by atoms with Gasteiger partial charge in [0.2, 0.25) is 5.91 Å². The molecule has 0 bridgehead atoms. The first kappa shape index (κ1) is 21.9. The summed E-state index contributed by atoms with van der Waals surface area (Å²) >= 11 is 0. The fraction of sp³-hybridized carbons (Fsp3) is 0.455. The molecule has 2 aromatic rings. The third kappa shape index (κ3) is 5.43. The molecule has 5 nitrogen and oxygen atoms in total. The first-order valence-electron chi connectivity index (χ1n) is 9.89. The lowest BCUT2D eigenvalue weighted by Gasteiger charge is -2.19. The molecule has 8 heteroatoms. The van der Waals surface area contributed by atoms with Crippen molar-refractivity contribution in [3.05, 3.63) is 53.7 Å². The third-order valence-corrected chi connectivity index (χ3v) is 5.23. The van der Waals surface area contributed by atoms with Gasteiger partial charge in [-0.25, -0.2) is 4.98 Å². The molecule has 30 heavy (non-hydrogen) atoms. The smallest absolute Gasteiger partial charge is 0.433 e. The van der Waals surface area contributed by atoms with E-state index in [0.29, 0.717) is 37.5 Å². The van der Waals surface area contributed by atoms with Gasteiger partial charge in [0, 0.05) is 33.5 Å². The maximum absolute atomic E-state index is 12.9.